The Labute approximate surface area is 187 Å². The van der Waals surface area contributed by atoms with Gasteiger partial charge in [0.2, 0.25) is 5.91 Å². The summed E-state index contributed by atoms with van der Waals surface area (Å²) in [5.74, 6) is 0.579. The topological polar surface area (TPSA) is 120 Å². The number of aliphatic hydroxyl groups excluding tert-OH is 1. The van der Waals surface area contributed by atoms with Gasteiger partial charge < -0.3 is 31.1 Å². The molecule has 2 aliphatic heterocycles. The van der Waals surface area contributed by atoms with Gasteiger partial charge in [-0.05, 0) is 37.1 Å². The van der Waals surface area contributed by atoms with Crippen molar-refractivity contribution in [1.29, 1.82) is 0 Å². The second-order valence-corrected chi connectivity index (χ2v) is 8.00. The van der Waals surface area contributed by atoms with Crippen molar-refractivity contribution in [2.45, 2.75) is 25.5 Å². The number of benzene rings is 2. The van der Waals surface area contributed by atoms with E-state index in [4.69, 9.17) is 10.5 Å². The van der Waals surface area contributed by atoms with E-state index in [1.54, 1.807) is 12.1 Å². The third-order valence-electron chi connectivity index (χ3n) is 5.83. The van der Waals surface area contributed by atoms with Crippen LogP contribution in [-0.4, -0.2) is 61.0 Å². The Hall–Kier alpha value is -3.30. The van der Waals surface area contributed by atoms with Crippen molar-refractivity contribution in [3.05, 3.63) is 48.0 Å². The Morgan fingerprint density at radius 1 is 1.19 bits per heavy atom. The number of ether oxygens (including phenoxy) is 1. The summed E-state index contributed by atoms with van der Waals surface area (Å²) in [6.07, 6.45) is 1.13. The van der Waals surface area contributed by atoms with Gasteiger partial charge in [0.1, 0.15) is 12.0 Å². The molecule has 5 N–H and O–H groups in total. The number of anilines is 3. The first-order valence-electron chi connectivity index (χ1n) is 10.9. The van der Waals surface area contributed by atoms with Crippen LogP contribution in [0, 0.1) is 0 Å². The Morgan fingerprint density at radius 3 is 2.75 bits per heavy atom. The van der Waals surface area contributed by atoms with Gasteiger partial charge in [0.05, 0.1) is 24.5 Å². The SMILES string of the molecule is NC(=O)Nc1ccc(OCCCN2CCN(c3ccccc3)CC2O)c2c1NC(=O)CC2. The zero-order valence-corrected chi connectivity index (χ0v) is 17.9. The van der Waals surface area contributed by atoms with Crippen molar-refractivity contribution in [3.8, 4) is 5.75 Å². The van der Waals surface area contributed by atoms with Crippen LogP contribution in [0.3, 0.4) is 0 Å². The number of amides is 3. The van der Waals surface area contributed by atoms with Crippen molar-refractivity contribution in [3.63, 3.8) is 0 Å². The maximum atomic E-state index is 11.8. The number of carbonyl (C=O) groups excluding carboxylic acids is 2. The molecule has 9 nitrogen and oxygen atoms in total. The molecule has 4 rings (SSSR count). The zero-order valence-electron chi connectivity index (χ0n) is 17.9. The van der Waals surface area contributed by atoms with Gasteiger partial charge in [-0.3, -0.25) is 9.69 Å². The van der Waals surface area contributed by atoms with Crippen LogP contribution < -0.4 is 26.0 Å². The molecule has 1 unspecified atom stereocenters. The number of aliphatic hydroxyl groups is 1. The normalized spacial score (nSPS) is 18.6. The molecule has 170 valence electrons. The second kappa shape index (κ2) is 9.88. The average Bonchev–Trinajstić information content (AvgIpc) is 2.79. The summed E-state index contributed by atoms with van der Waals surface area (Å²) in [6.45, 7) is 3.43. The summed E-state index contributed by atoms with van der Waals surface area (Å²) in [4.78, 5) is 27.3. The molecule has 0 radical (unpaired) electrons. The molecule has 2 aliphatic rings. The minimum atomic E-state index is -0.688. The van der Waals surface area contributed by atoms with Gasteiger partial charge in [0.25, 0.3) is 0 Å². The van der Waals surface area contributed by atoms with Crippen molar-refractivity contribution in [1.82, 2.24) is 4.90 Å². The molecule has 1 saturated heterocycles. The maximum Gasteiger partial charge on any atom is 0.316 e. The van der Waals surface area contributed by atoms with E-state index in [9.17, 15) is 14.7 Å². The molecule has 2 aromatic carbocycles. The molecule has 9 heteroatoms. The molecule has 0 aromatic heterocycles. The number of carbonyl (C=O) groups is 2. The van der Waals surface area contributed by atoms with Crippen molar-refractivity contribution in [2.24, 2.45) is 5.73 Å². The third-order valence-corrected chi connectivity index (χ3v) is 5.83. The monoisotopic (exact) mass is 439 g/mol. The zero-order chi connectivity index (χ0) is 22.5. The lowest BCUT2D eigenvalue weighted by atomic mass is 10.0. The molecule has 0 aliphatic carbocycles. The van der Waals surface area contributed by atoms with Crippen molar-refractivity contribution in [2.75, 3.05) is 48.3 Å². The van der Waals surface area contributed by atoms with Crippen LogP contribution in [-0.2, 0) is 11.2 Å². The fraction of sp³-hybridized carbons (Fsp3) is 0.391. The first-order valence-corrected chi connectivity index (χ1v) is 10.9. The third kappa shape index (κ3) is 5.12. The molecule has 0 bridgehead atoms. The van der Waals surface area contributed by atoms with Gasteiger partial charge >= 0.3 is 6.03 Å². The van der Waals surface area contributed by atoms with Gasteiger partial charge in [0.15, 0.2) is 0 Å². The quantitative estimate of drug-likeness (QED) is 0.490. The highest BCUT2D eigenvalue weighted by atomic mass is 16.5. The number of fused-ring (bicyclic) bond motifs is 1. The highest BCUT2D eigenvalue weighted by Crippen LogP contribution is 2.37. The smallest absolute Gasteiger partial charge is 0.316 e. The number of β-amino-alcohol motifs (C(OH)–C–C–N with tert-alkyl or cyclic N) is 1. The van der Waals surface area contributed by atoms with E-state index < -0.39 is 12.3 Å². The van der Waals surface area contributed by atoms with E-state index in [1.165, 1.54) is 0 Å². The van der Waals surface area contributed by atoms with Gasteiger partial charge in [0, 0.05) is 37.3 Å². The molecule has 3 amide bonds. The van der Waals surface area contributed by atoms with Gasteiger partial charge in [-0.15, -0.1) is 0 Å². The number of hydrogen-bond donors (Lipinski definition) is 4. The molecule has 32 heavy (non-hydrogen) atoms. The molecular formula is C23H29N5O4. The van der Waals surface area contributed by atoms with E-state index >= 15 is 0 Å². The highest BCUT2D eigenvalue weighted by Gasteiger charge is 2.25. The van der Waals surface area contributed by atoms with Crippen LogP contribution in [0.4, 0.5) is 21.9 Å². The largest absolute Gasteiger partial charge is 0.493 e. The summed E-state index contributed by atoms with van der Waals surface area (Å²) in [5.41, 5.74) is 8.22. The van der Waals surface area contributed by atoms with E-state index in [-0.39, 0.29) is 5.91 Å². The number of hydrogen-bond acceptors (Lipinski definition) is 6. The molecule has 0 spiro atoms. The number of nitrogens with two attached hydrogens (primary N) is 1. The predicted molar refractivity (Wildman–Crippen MR) is 123 cm³/mol. The van der Waals surface area contributed by atoms with Crippen LogP contribution in [0.5, 0.6) is 5.75 Å². The van der Waals surface area contributed by atoms with Crippen LogP contribution in [0.25, 0.3) is 0 Å². The Kier molecular flexibility index (Phi) is 6.77. The average molecular weight is 440 g/mol. The summed E-state index contributed by atoms with van der Waals surface area (Å²) < 4.78 is 6.00. The van der Waals surface area contributed by atoms with Crippen LogP contribution >= 0.6 is 0 Å². The molecular weight excluding hydrogens is 410 g/mol. The molecule has 2 heterocycles. The minimum Gasteiger partial charge on any atom is -0.493 e. The first kappa shape index (κ1) is 21.9. The number of nitrogens with one attached hydrogen (secondary N) is 2. The summed E-state index contributed by atoms with van der Waals surface area (Å²) in [6, 6.07) is 12.9. The highest BCUT2D eigenvalue weighted by molar-refractivity contribution is 6.02. The van der Waals surface area contributed by atoms with E-state index in [2.05, 4.69) is 32.6 Å². The standard InChI is InChI=1S/C23H29N5O4/c24-23(31)25-18-8-9-19(17-7-10-20(29)26-22(17)18)32-14-4-11-27-12-13-28(15-21(27)30)16-5-2-1-3-6-16/h1-3,5-6,8-9,21,30H,4,7,10-15H2,(H,26,29)(H3,24,25,31). The Morgan fingerprint density at radius 2 is 2.00 bits per heavy atom. The fourth-order valence-corrected chi connectivity index (χ4v) is 4.22. The fourth-order valence-electron chi connectivity index (χ4n) is 4.22. The van der Waals surface area contributed by atoms with Crippen molar-refractivity contribution < 1.29 is 19.4 Å². The first-order chi connectivity index (χ1) is 15.5. The van der Waals surface area contributed by atoms with Crippen LogP contribution in [0.15, 0.2) is 42.5 Å². The van der Waals surface area contributed by atoms with Gasteiger partial charge in [-0.1, -0.05) is 18.2 Å². The summed E-state index contributed by atoms with van der Waals surface area (Å²) >= 11 is 0. The lowest BCUT2D eigenvalue weighted by molar-refractivity contribution is -0.116. The number of urea groups is 1. The van der Waals surface area contributed by atoms with E-state index in [0.29, 0.717) is 43.1 Å². The molecule has 2 aromatic rings. The summed E-state index contributed by atoms with van der Waals surface area (Å²) in [5, 5.41) is 15.9. The number of primary amides is 1. The van der Waals surface area contributed by atoms with E-state index in [1.807, 2.05) is 18.2 Å². The number of piperazine rings is 1. The Balaban J connectivity index is 1.30. The van der Waals surface area contributed by atoms with E-state index in [0.717, 1.165) is 37.3 Å². The predicted octanol–water partition coefficient (Wildman–Crippen LogP) is 1.97. The lowest BCUT2D eigenvalue weighted by Gasteiger charge is -2.39. The number of para-hydroxylation sites is 1. The molecule has 0 saturated carbocycles. The lowest BCUT2D eigenvalue weighted by Crippen LogP contribution is -2.53. The molecule has 1 fully saturated rings. The van der Waals surface area contributed by atoms with Gasteiger partial charge in [-0.25, -0.2) is 4.79 Å². The summed E-state index contributed by atoms with van der Waals surface area (Å²) in [7, 11) is 0. The molecule has 1 atom stereocenters. The second-order valence-electron chi connectivity index (χ2n) is 8.00. The van der Waals surface area contributed by atoms with Crippen LogP contribution in [0.2, 0.25) is 0 Å². The van der Waals surface area contributed by atoms with Crippen molar-refractivity contribution >= 4 is 29.0 Å². The number of nitrogens with zero attached hydrogens (tertiary/aromatic N) is 2. The van der Waals surface area contributed by atoms with Crippen LogP contribution in [0.1, 0.15) is 18.4 Å². The minimum absolute atomic E-state index is 0.106. The Bertz CT molecular complexity index is 968. The van der Waals surface area contributed by atoms with Gasteiger partial charge in [-0.2, -0.15) is 0 Å². The maximum absolute atomic E-state index is 11.8. The number of rotatable bonds is 7.